The lowest BCUT2D eigenvalue weighted by atomic mass is 9.61. The Balaban J connectivity index is 1.82. The number of ether oxygens (including phenoxy) is 2. The van der Waals surface area contributed by atoms with Gasteiger partial charge in [0.25, 0.3) is 0 Å². The maximum Gasteiger partial charge on any atom is 0.342 e. The summed E-state index contributed by atoms with van der Waals surface area (Å²) in [4.78, 5) is 32.8. The number of carbonyl (C=O) groups excluding carboxylic acids is 2. The van der Waals surface area contributed by atoms with Crippen LogP contribution in [-0.2, 0) is 19.1 Å². The van der Waals surface area contributed by atoms with Crippen LogP contribution in [0, 0.1) is 0 Å². The molecule has 0 unspecified atom stereocenters. The summed E-state index contributed by atoms with van der Waals surface area (Å²) in [7, 11) is 0. The first kappa shape index (κ1) is 25.7. The highest BCUT2D eigenvalue weighted by molar-refractivity contribution is 6.31. The molecular formula is C31H28ClNO5. The number of esters is 2. The van der Waals surface area contributed by atoms with Gasteiger partial charge in [-0.3, -0.25) is 0 Å². The van der Waals surface area contributed by atoms with Crippen molar-refractivity contribution in [3.63, 3.8) is 0 Å². The zero-order valence-electron chi connectivity index (χ0n) is 21.4. The Bertz CT molecular complexity index is 1440. The van der Waals surface area contributed by atoms with E-state index in [-0.39, 0.29) is 23.7 Å². The Morgan fingerprint density at radius 1 is 1.00 bits per heavy atom. The van der Waals surface area contributed by atoms with Gasteiger partial charge in [0.2, 0.25) is 5.90 Å². The number of aliphatic hydroxyl groups excluding tert-OH is 1. The van der Waals surface area contributed by atoms with Gasteiger partial charge in [-0.15, -0.1) is 0 Å². The van der Waals surface area contributed by atoms with E-state index in [1.165, 1.54) is 0 Å². The molecule has 0 saturated carbocycles. The molecule has 0 bridgehead atoms. The number of cyclic esters (lactones) is 1. The van der Waals surface area contributed by atoms with E-state index < -0.39 is 34.9 Å². The summed E-state index contributed by atoms with van der Waals surface area (Å²) in [5, 5.41) is 11.8. The van der Waals surface area contributed by atoms with E-state index in [4.69, 9.17) is 26.1 Å². The third-order valence-electron chi connectivity index (χ3n) is 6.83. The molecule has 38 heavy (non-hydrogen) atoms. The number of rotatable bonds is 4. The summed E-state index contributed by atoms with van der Waals surface area (Å²) in [6.07, 6.45) is -0.0137. The molecule has 0 radical (unpaired) electrons. The molecule has 194 valence electrons. The number of aliphatic hydroxyl groups is 1. The molecule has 2 aliphatic rings. The normalized spacial score (nSPS) is 23.3. The number of allylic oxidation sites excluding steroid dienone is 1. The minimum absolute atomic E-state index is 0.0137. The van der Waals surface area contributed by atoms with Crippen molar-refractivity contribution in [3.8, 4) is 0 Å². The molecule has 6 nitrogen and oxygen atoms in total. The Labute approximate surface area is 226 Å². The van der Waals surface area contributed by atoms with Gasteiger partial charge >= 0.3 is 11.9 Å². The van der Waals surface area contributed by atoms with Crippen LogP contribution in [0.5, 0.6) is 0 Å². The molecular weight excluding hydrogens is 502 g/mol. The molecule has 1 aliphatic carbocycles. The van der Waals surface area contributed by atoms with Gasteiger partial charge in [0.1, 0.15) is 11.4 Å². The Morgan fingerprint density at radius 3 is 2.24 bits per heavy atom. The van der Waals surface area contributed by atoms with E-state index in [1.54, 1.807) is 57.2 Å². The van der Waals surface area contributed by atoms with Crippen LogP contribution in [0.4, 0.5) is 0 Å². The number of aliphatic imine (C=N–C) groups is 1. The van der Waals surface area contributed by atoms with Gasteiger partial charge in [0, 0.05) is 22.9 Å². The standard InChI is InChI=1S/C31H28ClNO5/c1-30(2,3)38-28(35)25-24(34)18-22(19-12-6-4-7-13-19)31(26(25)21-16-10-11-17-23(21)32)29(36)37-27(33-31)20-14-8-5-9-15-20/h4-17,22,26,34H,18H2,1-3H3/t22-,26+,31-/m1/s1. The van der Waals surface area contributed by atoms with Gasteiger partial charge in [-0.05, 0) is 50.1 Å². The number of carbonyl (C=O) groups is 2. The first-order chi connectivity index (χ1) is 18.1. The van der Waals surface area contributed by atoms with E-state index in [0.29, 0.717) is 16.1 Å². The Kier molecular flexibility index (Phi) is 6.61. The molecule has 1 heterocycles. The minimum atomic E-state index is -1.63. The van der Waals surface area contributed by atoms with E-state index in [9.17, 15) is 14.7 Å². The van der Waals surface area contributed by atoms with Crippen LogP contribution in [0.1, 0.15) is 55.7 Å². The second-order valence-corrected chi connectivity index (χ2v) is 10.9. The second-order valence-electron chi connectivity index (χ2n) is 10.5. The largest absolute Gasteiger partial charge is 0.512 e. The number of hydrogen-bond donors (Lipinski definition) is 1. The van der Waals surface area contributed by atoms with Gasteiger partial charge < -0.3 is 14.6 Å². The van der Waals surface area contributed by atoms with Gasteiger partial charge in [-0.1, -0.05) is 78.3 Å². The van der Waals surface area contributed by atoms with Crippen molar-refractivity contribution in [3.05, 3.63) is 118 Å². The van der Waals surface area contributed by atoms with Crippen molar-refractivity contribution in [1.29, 1.82) is 0 Å². The molecule has 0 aromatic heterocycles. The predicted octanol–water partition coefficient (Wildman–Crippen LogP) is 6.51. The highest BCUT2D eigenvalue weighted by atomic mass is 35.5. The monoisotopic (exact) mass is 529 g/mol. The summed E-state index contributed by atoms with van der Waals surface area (Å²) < 4.78 is 11.6. The lowest BCUT2D eigenvalue weighted by molar-refractivity contribution is -0.151. The molecule has 0 fully saturated rings. The highest BCUT2D eigenvalue weighted by Crippen LogP contribution is 2.57. The summed E-state index contributed by atoms with van der Waals surface area (Å²) in [5.74, 6) is -3.09. The summed E-state index contributed by atoms with van der Waals surface area (Å²) in [5.41, 5.74) is -0.648. The number of benzene rings is 3. The van der Waals surface area contributed by atoms with Crippen molar-refractivity contribution in [1.82, 2.24) is 0 Å². The van der Waals surface area contributed by atoms with Crippen LogP contribution in [0.15, 0.2) is 101 Å². The summed E-state index contributed by atoms with van der Waals surface area (Å²) in [6.45, 7) is 5.23. The fraction of sp³-hybridized carbons (Fsp3) is 0.258. The van der Waals surface area contributed by atoms with E-state index in [0.717, 1.165) is 5.56 Å². The minimum Gasteiger partial charge on any atom is -0.512 e. The lowest BCUT2D eigenvalue weighted by Crippen LogP contribution is -2.51. The van der Waals surface area contributed by atoms with Crippen molar-refractivity contribution in [2.75, 3.05) is 0 Å². The van der Waals surface area contributed by atoms with Crippen molar-refractivity contribution >= 4 is 29.4 Å². The molecule has 0 amide bonds. The molecule has 0 saturated heterocycles. The third-order valence-corrected chi connectivity index (χ3v) is 7.17. The van der Waals surface area contributed by atoms with Crippen LogP contribution < -0.4 is 0 Å². The third kappa shape index (κ3) is 4.50. The maximum absolute atomic E-state index is 14.1. The predicted molar refractivity (Wildman–Crippen MR) is 145 cm³/mol. The molecule has 1 spiro atoms. The average Bonchev–Trinajstić information content (AvgIpc) is 3.22. The van der Waals surface area contributed by atoms with Crippen molar-refractivity contribution in [2.24, 2.45) is 4.99 Å². The quantitative estimate of drug-likeness (QED) is 0.389. The van der Waals surface area contributed by atoms with Crippen LogP contribution in [0.3, 0.4) is 0 Å². The zero-order chi connectivity index (χ0) is 27.1. The first-order valence-electron chi connectivity index (χ1n) is 12.4. The smallest absolute Gasteiger partial charge is 0.342 e. The van der Waals surface area contributed by atoms with Crippen LogP contribution in [0.25, 0.3) is 0 Å². The molecule has 3 aromatic rings. The summed E-state index contributed by atoms with van der Waals surface area (Å²) in [6, 6.07) is 25.4. The van der Waals surface area contributed by atoms with Crippen molar-refractivity contribution in [2.45, 2.75) is 50.2 Å². The number of hydrogen-bond acceptors (Lipinski definition) is 6. The average molecular weight is 530 g/mol. The van der Waals surface area contributed by atoms with Crippen LogP contribution >= 0.6 is 11.6 Å². The molecule has 5 rings (SSSR count). The molecule has 3 aromatic carbocycles. The summed E-state index contributed by atoms with van der Waals surface area (Å²) >= 11 is 6.71. The SMILES string of the molecule is CC(C)(C)OC(=O)C1=C(O)C[C@H](c2ccccc2)[C@@]2(N=C(c3ccccc3)OC2=O)[C@H]1c1ccccc1Cl. The Morgan fingerprint density at radius 2 is 1.61 bits per heavy atom. The molecule has 3 atom stereocenters. The van der Waals surface area contributed by atoms with Gasteiger partial charge in [-0.25, -0.2) is 14.6 Å². The highest BCUT2D eigenvalue weighted by Gasteiger charge is 2.63. The Hall–Kier alpha value is -3.90. The lowest BCUT2D eigenvalue weighted by Gasteiger charge is -2.43. The fourth-order valence-corrected chi connectivity index (χ4v) is 5.53. The van der Waals surface area contributed by atoms with E-state index in [1.807, 2.05) is 48.5 Å². The number of nitrogens with zero attached hydrogens (tertiary/aromatic N) is 1. The van der Waals surface area contributed by atoms with E-state index in [2.05, 4.69) is 0 Å². The van der Waals surface area contributed by atoms with Crippen LogP contribution in [-0.4, -0.2) is 34.1 Å². The van der Waals surface area contributed by atoms with Gasteiger partial charge in [0.05, 0.1) is 11.5 Å². The van der Waals surface area contributed by atoms with Crippen LogP contribution in [0.2, 0.25) is 5.02 Å². The second kappa shape index (κ2) is 9.76. The van der Waals surface area contributed by atoms with Crippen molar-refractivity contribution < 1.29 is 24.2 Å². The molecule has 1 aliphatic heterocycles. The number of halogens is 1. The van der Waals surface area contributed by atoms with E-state index >= 15 is 0 Å². The zero-order valence-corrected chi connectivity index (χ0v) is 22.1. The first-order valence-corrected chi connectivity index (χ1v) is 12.8. The van der Waals surface area contributed by atoms with Gasteiger partial charge in [0.15, 0.2) is 5.54 Å². The fourth-order valence-electron chi connectivity index (χ4n) is 5.29. The maximum atomic E-state index is 14.1. The topological polar surface area (TPSA) is 85.2 Å². The molecule has 1 N–H and O–H groups in total. The molecule has 7 heteroatoms. The van der Waals surface area contributed by atoms with Gasteiger partial charge in [-0.2, -0.15) is 0 Å².